The molecule has 1 aromatic heterocycles. The Balaban J connectivity index is 1.44. The van der Waals surface area contributed by atoms with E-state index in [0.717, 1.165) is 49.3 Å². The zero-order valence-corrected chi connectivity index (χ0v) is 18.2. The highest BCUT2D eigenvalue weighted by atomic mass is 35.5. The highest BCUT2D eigenvalue weighted by Gasteiger charge is 2.23. The van der Waals surface area contributed by atoms with Crippen LogP contribution in [-0.4, -0.2) is 46.1 Å². The highest BCUT2D eigenvalue weighted by molar-refractivity contribution is 7.99. The molecule has 1 aliphatic heterocycles. The number of carbonyl (C=O) groups is 1. The van der Waals surface area contributed by atoms with E-state index < -0.39 is 0 Å². The van der Waals surface area contributed by atoms with Gasteiger partial charge in [0.15, 0.2) is 5.16 Å². The zero-order valence-electron chi connectivity index (χ0n) is 16.6. The maximum atomic E-state index is 12.4. The van der Waals surface area contributed by atoms with Gasteiger partial charge in [-0.15, -0.1) is 10.2 Å². The number of nitrogens with one attached hydrogen (secondary N) is 1. The molecule has 156 valence electrons. The molecular formula is C21H28ClN5OS. The number of thioether (sulfide) groups is 1. The Morgan fingerprint density at radius 1 is 1.14 bits per heavy atom. The predicted octanol–water partition coefficient (Wildman–Crippen LogP) is 4.31. The second-order valence-corrected chi connectivity index (χ2v) is 9.27. The van der Waals surface area contributed by atoms with Gasteiger partial charge in [-0.25, -0.2) is 0 Å². The summed E-state index contributed by atoms with van der Waals surface area (Å²) in [7, 11) is 0. The van der Waals surface area contributed by atoms with Crippen LogP contribution < -0.4 is 10.2 Å². The molecule has 2 fully saturated rings. The van der Waals surface area contributed by atoms with Crippen LogP contribution in [0.15, 0.2) is 29.4 Å². The van der Waals surface area contributed by atoms with E-state index in [1.807, 2.05) is 28.8 Å². The first-order valence-corrected chi connectivity index (χ1v) is 11.9. The van der Waals surface area contributed by atoms with Crippen LogP contribution in [0.3, 0.4) is 0 Å². The van der Waals surface area contributed by atoms with Gasteiger partial charge in [0.1, 0.15) is 0 Å². The summed E-state index contributed by atoms with van der Waals surface area (Å²) >= 11 is 7.66. The van der Waals surface area contributed by atoms with Crippen molar-refractivity contribution in [1.82, 2.24) is 20.1 Å². The minimum absolute atomic E-state index is 0.0592. The first-order chi connectivity index (χ1) is 14.2. The van der Waals surface area contributed by atoms with Crippen molar-refractivity contribution in [2.75, 3.05) is 30.3 Å². The summed E-state index contributed by atoms with van der Waals surface area (Å²) in [4.78, 5) is 14.7. The molecule has 4 rings (SSSR count). The van der Waals surface area contributed by atoms with Gasteiger partial charge in [0.2, 0.25) is 11.9 Å². The molecule has 1 aliphatic carbocycles. The summed E-state index contributed by atoms with van der Waals surface area (Å²) in [6.45, 7) is 2.75. The van der Waals surface area contributed by atoms with Crippen LogP contribution in [0.5, 0.6) is 0 Å². The normalized spacial score (nSPS) is 17.6. The number of amides is 1. The Kier molecular flexibility index (Phi) is 6.98. The van der Waals surface area contributed by atoms with Crippen LogP contribution in [-0.2, 0) is 4.79 Å². The molecule has 1 amide bonds. The SMILES string of the molecule is O=C(CSc1nnc(N2CCCC2)n1-c1cccc(Cl)c1)NCC1CCCCC1. The van der Waals surface area contributed by atoms with Gasteiger partial charge in [-0.3, -0.25) is 9.36 Å². The smallest absolute Gasteiger partial charge is 0.232 e. The fourth-order valence-corrected chi connectivity index (χ4v) is 5.11. The lowest BCUT2D eigenvalue weighted by Gasteiger charge is -2.21. The third-order valence-electron chi connectivity index (χ3n) is 5.72. The number of aromatic nitrogens is 3. The Morgan fingerprint density at radius 3 is 2.69 bits per heavy atom. The first-order valence-electron chi connectivity index (χ1n) is 10.6. The molecule has 1 aromatic carbocycles. The monoisotopic (exact) mass is 433 g/mol. The van der Waals surface area contributed by atoms with Crippen molar-refractivity contribution < 1.29 is 4.79 Å². The van der Waals surface area contributed by atoms with Crippen LogP contribution in [0.25, 0.3) is 5.69 Å². The summed E-state index contributed by atoms with van der Waals surface area (Å²) < 4.78 is 2.02. The molecule has 2 aromatic rings. The van der Waals surface area contributed by atoms with Crippen molar-refractivity contribution in [1.29, 1.82) is 0 Å². The van der Waals surface area contributed by atoms with Crippen molar-refractivity contribution in [3.63, 3.8) is 0 Å². The van der Waals surface area contributed by atoms with Crippen LogP contribution in [0.4, 0.5) is 5.95 Å². The topological polar surface area (TPSA) is 63.1 Å². The molecule has 2 heterocycles. The minimum atomic E-state index is 0.0592. The minimum Gasteiger partial charge on any atom is -0.355 e. The van der Waals surface area contributed by atoms with Crippen molar-refractivity contribution >= 4 is 35.2 Å². The van der Waals surface area contributed by atoms with E-state index in [4.69, 9.17) is 11.6 Å². The quantitative estimate of drug-likeness (QED) is 0.659. The number of benzene rings is 1. The van der Waals surface area contributed by atoms with E-state index in [-0.39, 0.29) is 5.91 Å². The molecule has 0 radical (unpaired) electrons. The molecule has 1 saturated carbocycles. The van der Waals surface area contributed by atoms with E-state index in [1.54, 1.807) is 0 Å². The molecular weight excluding hydrogens is 406 g/mol. The van der Waals surface area contributed by atoms with Gasteiger partial charge in [-0.05, 0) is 49.8 Å². The molecule has 29 heavy (non-hydrogen) atoms. The zero-order chi connectivity index (χ0) is 20.1. The summed E-state index contributed by atoms with van der Waals surface area (Å²) in [6, 6.07) is 7.70. The van der Waals surface area contributed by atoms with Gasteiger partial charge in [-0.1, -0.05) is 48.7 Å². The van der Waals surface area contributed by atoms with Gasteiger partial charge in [0.05, 0.1) is 11.4 Å². The Morgan fingerprint density at radius 2 is 1.93 bits per heavy atom. The number of halogens is 1. The van der Waals surface area contributed by atoms with Crippen molar-refractivity contribution in [3.05, 3.63) is 29.3 Å². The van der Waals surface area contributed by atoms with E-state index >= 15 is 0 Å². The molecule has 0 bridgehead atoms. The van der Waals surface area contributed by atoms with E-state index in [1.165, 1.54) is 43.9 Å². The predicted molar refractivity (Wildman–Crippen MR) is 118 cm³/mol. The summed E-state index contributed by atoms with van der Waals surface area (Å²) in [6.07, 6.45) is 8.70. The Labute approximate surface area is 181 Å². The van der Waals surface area contributed by atoms with Gasteiger partial charge >= 0.3 is 0 Å². The van der Waals surface area contributed by atoms with E-state index in [2.05, 4.69) is 20.4 Å². The first kappa shape index (κ1) is 20.5. The van der Waals surface area contributed by atoms with Gasteiger partial charge < -0.3 is 10.2 Å². The van der Waals surface area contributed by atoms with Crippen molar-refractivity contribution in [2.24, 2.45) is 5.92 Å². The second kappa shape index (κ2) is 9.85. The lowest BCUT2D eigenvalue weighted by Crippen LogP contribution is -2.31. The molecule has 6 nitrogen and oxygen atoms in total. The fraction of sp³-hybridized carbons (Fsp3) is 0.571. The van der Waals surface area contributed by atoms with Gasteiger partial charge in [0, 0.05) is 24.7 Å². The van der Waals surface area contributed by atoms with Gasteiger partial charge in [-0.2, -0.15) is 0 Å². The highest BCUT2D eigenvalue weighted by Crippen LogP contribution is 2.29. The number of nitrogens with zero attached hydrogens (tertiary/aromatic N) is 4. The molecule has 0 atom stereocenters. The average Bonchev–Trinajstić information content (AvgIpc) is 3.41. The number of carbonyl (C=O) groups excluding carboxylic acids is 1. The van der Waals surface area contributed by atoms with Gasteiger partial charge in [0.25, 0.3) is 0 Å². The van der Waals surface area contributed by atoms with Crippen LogP contribution in [0, 0.1) is 5.92 Å². The average molecular weight is 434 g/mol. The number of rotatable bonds is 7. The van der Waals surface area contributed by atoms with E-state index in [9.17, 15) is 4.79 Å². The molecule has 8 heteroatoms. The van der Waals surface area contributed by atoms with Crippen LogP contribution in [0.1, 0.15) is 44.9 Å². The second-order valence-electron chi connectivity index (χ2n) is 7.89. The molecule has 2 aliphatic rings. The summed E-state index contributed by atoms with van der Waals surface area (Å²) in [5.41, 5.74) is 0.925. The Hall–Kier alpha value is -1.73. The van der Waals surface area contributed by atoms with E-state index in [0.29, 0.717) is 16.7 Å². The number of hydrogen-bond donors (Lipinski definition) is 1. The summed E-state index contributed by atoms with van der Waals surface area (Å²) in [5.74, 6) is 1.86. The van der Waals surface area contributed by atoms with Crippen LogP contribution >= 0.6 is 23.4 Å². The maximum absolute atomic E-state index is 12.4. The summed E-state index contributed by atoms with van der Waals surface area (Å²) in [5, 5.41) is 13.3. The molecule has 1 saturated heterocycles. The van der Waals surface area contributed by atoms with Crippen molar-refractivity contribution in [3.8, 4) is 5.69 Å². The fourth-order valence-electron chi connectivity index (χ4n) is 4.15. The molecule has 0 unspecified atom stereocenters. The molecule has 1 N–H and O–H groups in total. The largest absolute Gasteiger partial charge is 0.355 e. The number of anilines is 1. The molecule has 0 spiro atoms. The third-order valence-corrected chi connectivity index (χ3v) is 6.88. The lowest BCUT2D eigenvalue weighted by atomic mass is 9.89. The third kappa shape index (κ3) is 5.25. The standard InChI is InChI=1S/C21H28ClN5OS/c22-17-9-6-10-18(13-17)27-20(26-11-4-5-12-26)24-25-21(27)29-15-19(28)23-14-16-7-2-1-3-8-16/h6,9-10,13,16H,1-5,7-8,11-12,14-15H2,(H,23,28). The van der Waals surface area contributed by atoms with Crippen LogP contribution in [0.2, 0.25) is 5.02 Å². The van der Waals surface area contributed by atoms with Crippen molar-refractivity contribution in [2.45, 2.75) is 50.1 Å². The maximum Gasteiger partial charge on any atom is 0.232 e. The number of hydrogen-bond acceptors (Lipinski definition) is 5. The Bertz CT molecular complexity index is 830. The lowest BCUT2D eigenvalue weighted by molar-refractivity contribution is -0.118.